The molecule has 0 bridgehead atoms. The summed E-state index contributed by atoms with van der Waals surface area (Å²) in [5.41, 5.74) is 7.41. The average Bonchev–Trinajstić information content (AvgIpc) is 2.38. The van der Waals surface area contributed by atoms with Gasteiger partial charge in [-0.25, -0.2) is 14.4 Å². The molecule has 0 radical (unpaired) electrons. The number of rotatable bonds is 1. The topological polar surface area (TPSA) is 64.7 Å². The lowest BCUT2D eigenvalue weighted by Gasteiger charge is -2.05. The third-order valence-corrected chi connectivity index (χ3v) is 2.58. The van der Waals surface area contributed by atoms with Gasteiger partial charge >= 0.3 is 0 Å². The molecular formula is C13H9FN4. The minimum atomic E-state index is -0.354. The summed E-state index contributed by atoms with van der Waals surface area (Å²) in [4.78, 5) is 12.4. The number of aromatic nitrogens is 3. The molecule has 0 spiro atoms. The molecule has 5 heteroatoms. The highest BCUT2D eigenvalue weighted by molar-refractivity contribution is 5.92. The molecule has 0 aliphatic carbocycles. The van der Waals surface area contributed by atoms with Crippen molar-refractivity contribution in [2.75, 3.05) is 5.73 Å². The molecule has 0 amide bonds. The fourth-order valence-corrected chi connectivity index (χ4v) is 1.82. The Morgan fingerprint density at radius 3 is 2.72 bits per heavy atom. The first-order chi connectivity index (χ1) is 8.74. The largest absolute Gasteiger partial charge is 0.368 e. The quantitative estimate of drug-likeness (QED) is 0.709. The predicted molar refractivity (Wildman–Crippen MR) is 67.1 cm³/mol. The van der Waals surface area contributed by atoms with E-state index in [2.05, 4.69) is 15.0 Å². The minimum Gasteiger partial charge on any atom is -0.368 e. The second-order valence-electron chi connectivity index (χ2n) is 3.81. The second-order valence-corrected chi connectivity index (χ2v) is 3.81. The van der Waals surface area contributed by atoms with Gasteiger partial charge in [0.05, 0.1) is 11.2 Å². The standard InChI is InChI=1S/C13H9FN4/c14-8-4-5-9-11(7-8)17-13(15)18-12(9)10-3-1-2-6-16-10/h1-7H,(H2,15,17,18). The number of hydrogen-bond donors (Lipinski definition) is 1. The first-order valence-electron chi connectivity index (χ1n) is 5.38. The maximum absolute atomic E-state index is 13.2. The Bertz CT molecular complexity index is 708. The molecule has 2 heterocycles. The molecule has 88 valence electrons. The van der Waals surface area contributed by atoms with Gasteiger partial charge in [0, 0.05) is 17.6 Å². The van der Waals surface area contributed by atoms with Crippen LogP contribution in [0.3, 0.4) is 0 Å². The van der Waals surface area contributed by atoms with E-state index in [-0.39, 0.29) is 11.8 Å². The average molecular weight is 240 g/mol. The van der Waals surface area contributed by atoms with Gasteiger partial charge in [-0.3, -0.25) is 4.98 Å². The number of halogens is 1. The van der Waals surface area contributed by atoms with Crippen LogP contribution in [0.2, 0.25) is 0 Å². The summed E-state index contributed by atoms with van der Waals surface area (Å²) >= 11 is 0. The van der Waals surface area contributed by atoms with E-state index >= 15 is 0 Å². The summed E-state index contributed by atoms with van der Waals surface area (Å²) < 4.78 is 13.2. The van der Waals surface area contributed by atoms with Gasteiger partial charge < -0.3 is 5.73 Å². The summed E-state index contributed by atoms with van der Waals surface area (Å²) in [6.07, 6.45) is 1.67. The van der Waals surface area contributed by atoms with E-state index in [4.69, 9.17) is 5.73 Å². The van der Waals surface area contributed by atoms with Gasteiger partial charge in [-0.2, -0.15) is 0 Å². The Morgan fingerprint density at radius 1 is 1.06 bits per heavy atom. The zero-order valence-electron chi connectivity index (χ0n) is 9.34. The minimum absolute atomic E-state index is 0.105. The molecule has 3 aromatic rings. The lowest BCUT2D eigenvalue weighted by molar-refractivity contribution is 0.629. The van der Waals surface area contributed by atoms with E-state index < -0.39 is 0 Å². The number of pyridine rings is 1. The molecule has 4 nitrogen and oxygen atoms in total. The number of hydrogen-bond acceptors (Lipinski definition) is 4. The summed E-state index contributed by atoms with van der Waals surface area (Å²) in [7, 11) is 0. The highest BCUT2D eigenvalue weighted by atomic mass is 19.1. The van der Waals surface area contributed by atoms with Gasteiger partial charge in [0.1, 0.15) is 11.5 Å². The van der Waals surface area contributed by atoms with E-state index in [9.17, 15) is 4.39 Å². The van der Waals surface area contributed by atoms with Gasteiger partial charge in [-0.05, 0) is 24.3 Å². The van der Waals surface area contributed by atoms with E-state index in [0.717, 1.165) is 5.39 Å². The molecule has 2 aromatic heterocycles. The van der Waals surface area contributed by atoms with Crippen LogP contribution in [0, 0.1) is 5.82 Å². The molecule has 18 heavy (non-hydrogen) atoms. The van der Waals surface area contributed by atoms with Gasteiger partial charge in [-0.1, -0.05) is 6.07 Å². The molecule has 0 unspecified atom stereocenters. The van der Waals surface area contributed by atoms with Crippen molar-refractivity contribution >= 4 is 16.9 Å². The van der Waals surface area contributed by atoms with Gasteiger partial charge in [0.15, 0.2) is 0 Å². The summed E-state index contributed by atoms with van der Waals surface area (Å²) in [5, 5.41) is 0.726. The number of benzene rings is 1. The lowest BCUT2D eigenvalue weighted by atomic mass is 10.1. The van der Waals surface area contributed by atoms with Crippen molar-refractivity contribution in [1.29, 1.82) is 0 Å². The van der Waals surface area contributed by atoms with Crippen LogP contribution in [0.4, 0.5) is 10.3 Å². The third kappa shape index (κ3) is 1.75. The fourth-order valence-electron chi connectivity index (χ4n) is 1.82. The predicted octanol–water partition coefficient (Wildman–Crippen LogP) is 2.41. The van der Waals surface area contributed by atoms with Gasteiger partial charge in [0.2, 0.25) is 5.95 Å². The Labute approximate surface area is 102 Å². The van der Waals surface area contributed by atoms with E-state index in [0.29, 0.717) is 16.9 Å². The normalized spacial score (nSPS) is 10.7. The Kier molecular flexibility index (Phi) is 2.37. The van der Waals surface area contributed by atoms with Crippen LogP contribution < -0.4 is 5.73 Å². The van der Waals surface area contributed by atoms with E-state index in [1.807, 2.05) is 18.2 Å². The summed E-state index contributed by atoms with van der Waals surface area (Å²) in [6.45, 7) is 0. The first-order valence-corrected chi connectivity index (χ1v) is 5.38. The summed E-state index contributed by atoms with van der Waals surface area (Å²) in [6, 6.07) is 9.83. The Hall–Kier alpha value is -2.56. The number of nitrogen functional groups attached to an aromatic ring is 1. The molecule has 0 saturated carbocycles. The van der Waals surface area contributed by atoms with Crippen LogP contribution in [0.25, 0.3) is 22.3 Å². The van der Waals surface area contributed by atoms with Crippen LogP contribution >= 0.6 is 0 Å². The number of nitrogens with zero attached hydrogens (tertiary/aromatic N) is 3. The number of anilines is 1. The zero-order chi connectivity index (χ0) is 12.5. The summed E-state index contributed by atoms with van der Waals surface area (Å²) in [5.74, 6) is -0.249. The zero-order valence-corrected chi connectivity index (χ0v) is 9.34. The molecule has 3 rings (SSSR count). The van der Waals surface area contributed by atoms with Crippen molar-refractivity contribution in [2.24, 2.45) is 0 Å². The monoisotopic (exact) mass is 240 g/mol. The van der Waals surface area contributed by atoms with Crippen molar-refractivity contribution in [3.8, 4) is 11.4 Å². The maximum Gasteiger partial charge on any atom is 0.221 e. The Balaban J connectivity index is 2.35. The second kappa shape index (κ2) is 4.03. The van der Waals surface area contributed by atoms with Crippen LogP contribution in [0.15, 0.2) is 42.6 Å². The number of nitrogens with two attached hydrogens (primary N) is 1. The van der Waals surface area contributed by atoms with Crippen molar-refractivity contribution in [3.63, 3.8) is 0 Å². The van der Waals surface area contributed by atoms with Crippen LogP contribution in [0.1, 0.15) is 0 Å². The molecule has 0 saturated heterocycles. The van der Waals surface area contributed by atoms with E-state index in [1.54, 1.807) is 12.3 Å². The molecule has 2 N–H and O–H groups in total. The molecule has 0 fully saturated rings. The molecule has 0 atom stereocenters. The van der Waals surface area contributed by atoms with E-state index in [1.165, 1.54) is 12.1 Å². The van der Waals surface area contributed by atoms with Crippen molar-refractivity contribution in [2.45, 2.75) is 0 Å². The molecule has 0 aliphatic heterocycles. The highest BCUT2D eigenvalue weighted by Gasteiger charge is 2.09. The highest BCUT2D eigenvalue weighted by Crippen LogP contribution is 2.25. The van der Waals surface area contributed by atoms with Crippen molar-refractivity contribution < 1.29 is 4.39 Å². The van der Waals surface area contributed by atoms with Crippen LogP contribution in [-0.4, -0.2) is 15.0 Å². The Morgan fingerprint density at radius 2 is 1.94 bits per heavy atom. The van der Waals surface area contributed by atoms with Gasteiger partial charge in [0.25, 0.3) is 0 Å². The van der Waals surface area contributed by atoms with Crippen molar-refractivity contribution in [3.05, 3.63) is 48.4 Å². The first kappa shape index (κ1) is 10.6. The smallest absolute Gasteiger partial charge is 0.221 e. The van der Waals surface area contributed by atoms with Crippen molar-refractivity contribution in [1.82, 2.24) is 15.0 Å². The third-order valence-electron chi connectivity index (χ3n) is 2.58. The molecule has 1 aromatic carbocycles. The number of fused-ring (bicyclic) bond motifs is 1. The SMILES string of the molecule is Nc1nc(-c2ccccn2)c2ccc(F)cc2n1. The molecule has 0 aliphatic rings. The maximum atomic E-state index is 13.2. The fraction of sp³-hybridized carbons (Fsp3) is 0. The van der Waals surface area contributed by atoms with Crippen LogP contribution in [-0.2, 0) is 0 Å². The van der Waals surface area contributed by atoms with Crippen LogP contribution in [0.5, 0.6) is 0 Å². The van der Waals surface area contributed by atoms with Gasteiger partial charge in [-0.15, -0.1) is 0 Å². The lowest BCUT2D eigenvalue weighted by Crippen LogP contribution is -1.99. The molecular weight excluding hydrogens is 231 g/mol.